The third-order valence-electron chi connectivity index (χ3n) is 2.44. The number of aryl methyl sites for hydroxylation is 1. The Labute approximate surface area is 85.0 Å². The van der Waals surface area contributed by atoms with E-state index in [1.54, 1.807) is 7.11 Å². The van der Waals surface area contributed by atoms with Gasteiger partial charge in [0.1, 0.15) is 0 Å². The molecule has 0 fully saturated rings. The van der Waals surface area contributed by atoms with Gasteiger partial charge in [0.2, 0.25) is 0 Å². The molecule has 0 radical (unpaired) electrons. The van der Waals surface area contributed by atoms with Crippen molar-refractivity contribution in [2.45, 2.75) is 32.4 Å². The summed E-state index contributed by atoms with van der Waals surface area (Å²) in [6.07, 6.45) is 4.63. The Hall–Kier alpha value is -0.870. The van der Waals surface area contributed by atoms with Crippen LogP contribution in [-0.2, 0) is 16.8 Å². The summed E-state index contributed by atoms with van der Waals surface area (Å²) in [4.78, 5) is 0. The molecule has 0 aliphatic heterocycles. The molecule has 1 aromatic rings. The minimum absolute atomic E-state index is 0.344. The smallest absolute Gasteiger partial charge is 0.0540 e. The van der Waals surface area contributed by atoms with Crippen LogP contribution in [0.15, 0.2) is 12.4 Å². The number of nitrogens with zero attached hydrogens (tertiary/aromatic N) is 2. The summed E-state index contributed by atoms with van der Waals surface area (Å²) in [5, 5.41) is 4.20. The third kappa shape index (κ3) is 2.56. The van der Waals surface area contributed by atoms with Crippen molar-refractivity contribution < 1.29 is 4.74 Å². The molecule has 4 heteroatoms. The van der Waals surface area contributed by atoms with Gasteiger partial charge >= 0.3 is 0 Å². The van der Waals surface area contributed by atoms with Crippen LogP contribution < -0.4 is 5.73 Å². The molecule has 80 valence electrons. The van der Waals surface area contributed by atoms with E-state index in [4.69, 9.17) is 10.5 Å². The van der Waals surface area contributed by atoms with E-state index in [-0.39, 0.29) is 5.54 Å². The van der Waals surface area contributed by atoms with E-state index in [1.807, 2.05) is 24.0 Å². The molecule has 0 aliphatic carbocycles. The Morgan fingerprint density at radius 2 is 2.36 bits per heavy atom. The maximum atomic E-state index is 6.16. The van der Waals surface area contributed by atoms with E-state index in [0.717, 1.165) is 18.5 Å². The van der Waals surface area contributed by atoms with E-state index < -0.39 is 0 Å². The second-order valence-electron chi connectivity index (χ2n) is 3.74. The summed E-state index contributed by atoms with van der Waals surface area (Å²) < 4.78 is 6.91. The molecular formula is C10H19N3O. The number of aromatic nitrogens is 2. The van der Waals surface area contributed by atoms with Gasteiger partial charge in [-0.25, -0.2) is 0 Å². The first-order valence-electron chi connectivity index (χ1n) is 4.91. The fourth-order valence-corrected chi connectivity index (χ4v) is 1.29. The standard InChI is InChI=1S/C10H19N3O/c1-4-13-8-9(7-12-13)10(2,11)5-6-14-3/h7-8H,4-6,11H2,1-3H3. The molecular weight excluding hydrogens is 178 g/mol. The van der Waals surface area contributed by atoms with Gasteiger partial charge in [-0.3, -0.25) is 4.68 Å². The fourth-order valence-electron chi connectivity index (χ4n) is 1.29. The van der Waals surface area contributed by atoms with Gasteiger partial charge in [-0.15, -0.1) is 0 Å². The maximum absolute atomic E-state index is 6.16. The molecule has 14 heavy (non-hydrogen) atoms. The van der Waals surface area contributed by atoms with Crippen LogP contribution in [0.2, 0.25) is 0 Å². The van der Waals surface area contributed by atoms with Crippen LogP contribution in [0.3, 0.4) is 0 Å². The first-order valence-corrected chi connectivity index (χ1v) is 4.91. The monoisotopic (exact) mass is 197 g/mol. The number of methoxy groups -OCH3 is 1. The van der Waals surface area contributed by atoms with Gasteiger partial charge in [0.25, 0.3) is 0 Å². The van der Waals surface area contributed by atoms with Gasteiger partial charge in [0, 0.05) is 37.6 Å². The molecule has 1 unspecified atom stereocenters. The van der Waals surface area contributed by atoms with E-state index in [1.165, 1.54) is 0 Å². The van der Waals surface area contributed by atoms with Crippen molar-refractivity contribution in [1.82, 2.24) is 9.78 Å². The molecule has 2 N–H and O–H groups in total. The Balaban J connectivity index is 2.70. The minimum Gasteiger partial charge on any atom is -0.385 e. The molecule has 0 aliphatic rings. The highest BCUT2D eigenvalue weighted by molar-refractivity contribution is 5.15. The Kier molecular flexibility index (Phi) is 3.66. The van der Waals surface area contributed by atoms with Gasteiger partial charge in [0.05, 0.1) is 6.20 Å². The number of hydrogen-bond donors (Lipinski definition) is 1. The molecule has 1 aromatic heterocycles. The lowest BCUT2D eigenvalue weighted by Crippen LogP contribution is -2.33. The van der Waals surface area contributed by atoms with Crippen LogP contribution in [0.4, 0.5) is 0 Å². The molecule has 0 saturated heterocycles. The van der Waals surface area contributed by atoms with Crippen LogP contribution in [0.1, 0.15) is 25.8 Å². The second kappa shape index (κ2) is 4.57. The largest absolute Gasteiger partial charge is 0.385 e. The summed E-state index contributed by atoms with van der Waals surface area (Å²) in [5.74, 6) is 0. The predicted molar refractivity (Wildman–Crippen MR) is 55.9 cm³/mol. The summed E-state index contributed by atoms with van der Waals surface area (Å²) >= 11 is 0. The molecule has 1 atom stereocenters. The topological polar surface area (TPSA) is 53.1 Å². The van der Waals surface area contributed by atoms with Crippen LogP contribution >= 0.6 is 0 Å². The molecule has 1 rings (SSSR count). The van der Waals surface area contributed by atoms with Gasteiger partial charge in [0.15, 0.2) is 0 Å². The SMILES string of the molecule is CCn1cc(C(C)(N)CCOC)cn1. The summed E-state index contributed by atoms with van der Waals surface area (Å²) in [5.41, 5.74) is 6.88. The lowest BCUT2D eigenvalue weighted by molar-refractivity contribution is 0.172. The quantitative estimate of drug-likeness (QED) is 0.769. The zero-order valence-corrected chi connectivity index (χ0v) is 9.16. The normalized spacial score (nSPS) is 15.4. The average Bonchev–Trinajstić information content (AvgIpc) is 2.63. The zero-order chi connectivity index (χ0) is 10.6. The van der Waals surface area contributed by atoms with Gasteiger partial charge in [-0.2, -0.15) is 5.10 Å². The molecule has 0 aromatic carbocycles. The second-order valence-corrected chi connectivity index (χ2v) is 3.74. The predicted octanol–water partition coefficient (Wildman–Crippen LogP) is 1.11. The lowest BCUT2D eigenvalue weighted by Gasteiger charge is -2.22. The number of ether oxygens (including phenoxy) is 1. The van der Waals surface area contributed by atoms with Crippen molar-refractivity contribution >= 4 is 0 Å². The van der Waals surface area contributed by atoms with E-state index >= 15 is 0 Å². The zero-order valence-electron chi connectivity index (χ0n) is 9.16. The Bertz CT molecular complexity index is 281. The van der Waals surface area contributed by atoms with Crippen molar-refractivity contribution in [3.05, 3.63) is 18.0 Å². The summed E-state index contributed by atoms with van der Waals surface area (Å²) in [6, 6.07) is 0. The van der Waals surface area contributed by atoms with E-state index in [2.05, 4.69) is 12.0 Å². The van der Waals surface area contributed by atoms with Crippen molar-refractivity contribution in [3.8, 4) is 0 Å². The Morgan fingerprint density at radius 1 is 1.64 bits per heavy atom. The highest BCUT2D eigenvalue weighted by Gasteiger charge is 2.22. The van der Waals surface area contributed by atoms with Crippen LogP contribution in [0, 0.1) is 0 Å². The highest BCUT2D eigenvalue weighted by Crippen LogP contribution is 2.20. The molecule has 0 bridgehead atoms. The van der Waals surface area contributed by atoms with Crippen molar-refractivity contribution in [2.75, 3.05) is 13.7 Å². The van der Waals surface area contributed by atoms with E-state index in [9.17, 15) is 0 Å². The number of nitrogens with two attached hydrogens (primary N) is 1. The van der Waals surface area contributed by atoms with Gasteiger partial charge in [-0.1, -0.05) is 0 Å². The first-order chi connectivity index (χ1) is 6.60. The van der Waals surface area contributed by atoms with Gasteiger partial charge < -0.3 is 10.5 Å². The fraction of sp³-hybridized carbons (Fsp3) is 0.700. The summed E-state index contributed by atoms with van der Waals surface area (Å²) in [7, 11) is 1.69. The van der Waals surface area contributed by atoms with Crippen LogP contribution in [0.25, 0.3) is 0 Å². The molecule has 1 heterocycles. The third-order valence-corrected chi connectivity index (χ3v) is 2.44. The first kappa shape index (κ1) is 11.2. The van der Waals surface area contributed by atoms with Gasteiger partial charge in [-0.05, 0) is 20.3 Å². The van der Waals surface area contributed by atoms with Crippen molar-refractivity contribution in [3.63, 3.8) is 0 Å². The minimum atomic E-state index is -0.344. The molecule has 0 amide bonds. The highest BCUT2D eigenvalue weighted by atomic mass is 16.5. The van der Waals surface area contributed by atoms with Crippen molar-refractivity contribution in [2.24, 2.45) is 5.73 Å². The molecule has 4 nitrogen and oxygen atoms in total. The molecule has 0 saturated carbocycles. The molecule has 0 spiro atoms. The number of hydrogen-bond acceptors (Lipinski definition) is 3. The maximum Gasteiger partial charge on any atom is 0.0540 e. The van der Waals surface area contributed by atoms with Crippen LogP contribution in [-0.4, -0.2) is 23.5 Å². The summed E-state index contributed by atoms with van der Waals surface area (Å²) in [6.45, 7) is 5.60. The van der Waals surface area contributed by atoms with Crippen molar-refractivity contribution in [1.29, 1.82) is 0 Å². The number of rotatable bonds is 5. The van der Waals surface area contributed by atoms with E-state index in [0.29, 0.717) is 6.61 Å². The van der Waals surface area contributed by atoms with Crippen LogP contribution in [0.5, 0.6) is 0 Å². The average molecular weight is 197 g/mol. The Morgan fingerprint density at radius 3 is 2.86 bits per heavy atom. The lowest BCUT2D eigenvalue weighted by atomic mass is 9.93.